The van der Waals surface area contributed by atoms with Crippen molar-refractivity contribution in [3.8, 4) is 11.5 Å². The van der Waals surface area contributed by atoms with Crippen LogP contribution in [-0.2, 0) is 13.2 Å². The SMILES string of the molecule is COc1cc(CNCCO)c(Cl)cc1OCc1ccc(Cl)cc1. The van der Waals surface area contributed by atoms with Gasteiger partial charge >= 0.3 is 0 Å². The molecule has 0 aromatic heterocycles. The predicted molar refractivity (Wildman–Crippen MR) is 92.6 cm³/mol. The molecule has 0 radical (unpaired) electrons. The van der Waals surface area contributed by atoms with Crippen LogP contribution in [0.15, 0.2) is 36.4 Å². The number of hydrogen-bond acceptors (Lipinski definition) is 4. The number of rotatable bonds is 8. The molecule has 0 bridgehead atoms. The number of hydrogen-bond donors (Lipinski definition) is 2. The minimum absolute atomic E-state index is 0.0804. The Bertz CT molecular complexity index is 632. The molecule has 6 heteroatoms. The van der Waals surface area contributed by atoms with Gasteiger partial charge in [-0.1, -0.05) is 35.3 Å². The fraction of sp³-hybridized carbons (Fsp3) is 0.294. The molecule has 0 fully saturated rings. The Balaban J connectivity index is 2.08. The number of ether oxygens (including phenoxy) is 2. The first-order valence-electron chi connectivity index (χ1n) is 7.19. The minimum Gasteiger partial charge on any atom is -0.493 e. The van der Waals surface area contributed by atoms with Crippen LogP contribution in [0.5, 0.6) is 11.5 Å². The number of halogens is 2. The van der Waals surface area contributed by atoms with E-state index in [0.29, 0.717) is 41.2 Å². The van der Waals surface area contributed by atoms with E-state index < -0.39 is 0 Å². The van der Waals surface area contributed by atoms with Crippen LogP contribution >= 0.6 is 23.2 Å². The number of aliphatic hydroxyl groups is 1. The molecule has 124 valence electrons. The van der Waals surface area contributed by atoms with Gasteiger partial charge in [0, 0.05) is 29.2 Å². The molecule has 4 nitrogen and oxygen atoms in total. The van der Waals surface area contributed by atoms with Gasteiger partial charge < -0.3 is 19.9 Å². The summed E-state index contributed by atoms with van der Waals surface area (Å²) in [6.45, 7) is 1.53. The Morgan fingerprint density at radius 1 is 1.09 bits per heavy atom. The van der Waals surface area contributed by atoms with E-state index in [2.05, 4.69) is 5.32 Å². The van der Waals surface area contributed by atoms with Gasteiger partial charge in [0.05, 0.1) is 13.7 Å². The maximum absolute atomic E-state index is 8.81. The summed E-state index contributed by atoms with van der Waals surface area (Å²) >= 11 is 12.2. The molecule has 0 amide bonds. The Morgan fingerprint density at radius 3 is 2.48 bits per heavy atom. The molecule has 0 spiro atoms. The topological polar surface area (TPSA) is 50.7 Å². The van der Waals surface area contributed by atoms with Crippen molar-refractivity contribution in [2.45, 2.75) is 13.2 Å². The number of methoxy groups -OCH3 is 1. The van der Waals surface area contributed by atoms with E-state index in [1.54, 1.807) is 13.2 Å². The lowest BCUT2D eigenvalue weighted by molar-refractivity contribution is 0.284. The van der Waals surface area contributed by atoms with Crippen LogP contribution in [-0.4, -0.2) is 25.4 Å². The van der Waals surface area contributed by atoms with Gasteiger partial charge in [0.2, 0.25) is 0 Å². The highest BCUT2D eigenvalue weighted by molar-refractivity contribution is 6.31. The second-order valence-corrected chi connectivity index (χ2v) is 5.75. The summed E-state index contributed by atoms with van der Waals surface area (Å²) in [5.41, 5.74) is 1.89. The first kappa shape index (κ1) is 17.9. The first-order chi connectivity index (χ1) is 11.1. The summed E-state index contributed by atoms with van der Waals surface area (Å²) in [6, 6.07) is 11.0. The number of nitrogens with one attached hydrogen (secondary N) is 1. The van der Waals surface area contributed by atoms with E-state index >= 15 is 0 Å². The molecule has 2 aromatic carbocycles. The summed E-state index contributed by atoms with van der Waals surface area (Å²) in [6.07, 6.45) is 0. The van der Waals surface area contributed by atoms with Crippen LogP contribution in [0.1, 0.15) is 11.1 Å². The second-order valence-electron chi connectivity index (χ2n) is 4.91. The van der Waals surface area contributed by atoms with Crippen LogP contribution in [0, 0.1) is 0 Å². The molecule has 0 aliphatic heterocycles. The zero-order chi connectivity index (χ0) is 16.7. The molecule has 0 aliphatic rings. The van der Waals surface area contributed by atoms with Crippen LogP contribution in [0.4, 0.5) is 0 Å². The monoisotopic (exact) mass is 355 g/mol. The van der Waals surface area contributed by atoms with E-state index in [0.717, 1.165) is 11.1 Å². The quantitative estimate of drug-likeness (QED) is 0.709. The van der Waals surface area contributed by atoms with Crippen molar-refractivity contribution in [2.24, 2.45) is 0 Å². The highest BCUT2D eigenvalue weighted by Gasteiger charge is 2.11. The zero-order valence-electron chi connectivity index (χ0n) is 12.8. The maximum Gasteiger partial charge on any atom is 0.163 e. The third-order valence-electron chi connectivity index (χ3n) is 3.24. The average Bonchev–Trinajstić information content (AvgIpc) is 2.56. The predicted octanol–water partition coefficient (Wildman–Crippen LogP) is 3.66. The van der Waals surface area contributed by atoms with Crippen LogP contribution in [0.3, 0.4) is 0 Å². The van der Waals surface area contributed by atoms with Crippen molar-refractivity contribution >= 4 is 23.2 Å². The molecule has 0 aliphatic carbocycles. The van der Waals surface area contributed by atoms with Crippen molar-refractivity contribution in [3.63, 3.8) is 0 Å². The Morgan fingerprint density at radius 2 is 1.83 bits per heavy atom. The molecule has 0 saturated carbocycles. The highest BCUT2D eigenvalue weighted by atomic mass is 35.5. The first-order valence-corrected chi connectivity index (χ1v) is 7.95. The Hall–Kier alpha value is -1.46. The smallest absolute Gasteiger partial charge is 0.163 e. The van der Waals surface area contributed by atoms with Crippen molar-refractivity contribution in [3.05, 3.63) is 57.6 Å². The van der Waals surface area contributed by atoms with Gasteiger partial charge in [-0.15, -0.1) is 0 Å². The summed E-state index contributed by atoms with van der Waals surface area (Å²) < 4.78 is 11.2. The molecule has 2 N–H and O–H groups in total. The Labute approximate surface area is 145 Å². The number of benzene rings is 2. The largest absolute Gasteiger partial charge is 0.493 e. The molecular formula is C17H19Cl2NO3. The normalized spacial score (nSPS) is 10.6. The second kappa shape index (κ2) is 8.99. The van der Waals surface area contributed by atoms with Crippen molar-refractivity contribution in [1.29, 1.82) is 0 Å². The van der Waals surface area contributed by atoms with Crippen molar-refractivity contribution < 1.29 is 14.6 Å². The summed E-state index contributed by atoms with van der Waals surface area (Å²) in [5, 5.41) is 13.2. The lowest BCUT2D eigenvalue weighted by Crippen LogP contribution is -2.17. The van der Waals surface area contributed by atoms with Gasteiger partial charge in [-0.25, -0.2) is 0 Å². The van der Waals surface area contributed by atoms with E-state index in [-0.39, 0.29) is 6.61 Å². The summed E-state index contributed by atoms with van der Waals surface area (Å²) in [7, 11) is 1.59. The number of aliphatic hydroxyl groups excluding tert-OH is 1. The average molecular weight is 356 g/mol. The molecular weight excluding hydrogens is 337 g/mol. The van der Waals surface area contributed by atoms with Crippen molar-refractivity contribution in [2.75, 3.05) is 20.3 Å². The minimum atomic E-state index is 0.0804. The molecule has 0 unspecified atom stereocenters. The molecule has 0 atom stereocenters. The lowest BCUT2D eigenvalue weighted by atomic mass is 10.2. The van der Waals surface area contributed by atoms with Gasteiger partial charge in [0.25, 0.3) is 0 Å². The van der Waals surface area contributed by atoms with Crippen molar-refractivity contribution in [1.82, 2.24) is 5.32 Å². The molecule has 0 saturated heterocycles. The fourth-order valence-corrected chi connectivity index (χ4v) is 2.38. The molecule has 0 heterocycles. The standard InChI is InChI=1S/C17H19Cl2NO3/c1-22-16-8-13(10-20-6-7-21)15(19)9-17(16)23-11-12-2-4-14(18)5-3-12/h2-5,8-9,20-21H,6-7,10-11H2,1H3. The van der Waals surface area contributed by atoms with Crippen LogP contribution in [0.2, 0.25) is 10.0 Å². The third-order valence-corrected chi connectivity index (χ3v) is 3.85. The highest BCUT2D eigenvalue weighted by Crippen LogP contribution is 2.34. The van der Waals surface area contributed by atoms with E-state index in [4.69, 9.17) is 37.8 Å². The summed E-state index contributed by atoms with van der Waals surface area (Å²) in [4.78, 5) is 0. The van der Waals surface area contributed by atoms with E-state index in [9.17, 15) is 0 Å². The fourth-order valence-electron chi connectivity index (χ4n) is 2.03. The van der Waals surface area contributed by atoms with Gasteiger partial charge in [-0.2, -0.15) is 0 Å². The van der Waals surface area contributed by atoms with Crippen LogP contribution in [0.25, 0.3) is 0 Å². The van der Waals surface area contributed by atoms with Gasteiger partial charge in [-0.05, 0) is 29.3 Å². The molecule has 23 heavy (non-hydrogen) atoms. The maximum atomic E-state index is 8.81. The molecule has 2 rings (SSSR count). The zero-order valence-corrected chi connectivity index (χ0v) is 14.3. The van der Waals surface area contributed by atoms with Gasteiger partial charge in [0.1, 0.15) is 6.61 Å². The van der Waals surface area contributed by atoms with Gasteiger partial charge in [0.15, 0.2) is 11.5 Å². The lowest BCUT2D eigenvalue weighted by Gasteiger charge is -2.14. The van der Waals surface area contributed by atoms with E-state index in [1.807, 2.05) is 30.3 Å². The van der Waals surface area contributed by atoms with Crippen LogP contribution < -0.4 is 14.8 Å². The Kier molecular flexibility index (Phi) is 6.99. The third kappa shape index (κ3) is 5.29. The van der Waals surface area contributed by atoms with E-state index in [1.165, 1.54) is 0 Å². The molecule has 2 aromatic rings. The van der Waals surface area contributed by atoms with Gasteiger partial charge in [-0.3, -0.25) is 0 Å². The summed E-state index contributed by atoms with van der Waals surface area (Å²) in [5.74, 6) is 1.20.